The number of phenolic OH excluding ortho intramolecular Hbond substituents is 1. The summed E-state index contributed by atoms with van der Waals surface area (Å²) in [4.78, 5) is 0. The number of phenols is 1. The van der Waals surface area contributed by atoms with Gasteiger partial charge in [-0.15, -0.1) is 17.0 Å². The molecule has 2 aromatic carbocycles. The van der Waals surface area contributed by atoms with Crippen LogP contribution in [0.1, 0.15) is 5.56 Å². The second-order valence-electron chi connectivity index (χ2n) is 3.06. The molecule has 0 saturated heterocycles. The number of hydrogen-bond acceptors (Lipinski definition) is 2. The maximum Gasteiger partial charge on any atom is 0.0139 e. The van der Waals surface area contributed by atoms with Gasteiger partial charge < -0.3 is 10.8 Å². The van der Waals surface area contributed by atoms with Gasteiger partial charge in [-0.25, -0.2) is 0 Å². The topological polar surface area (TPSA) is 46.2 Å². The number of nitrogens with two attached hydrogens (primary N) is 1. The molecule has 3 N–H and O–H groups in total. The Bertz CT molecular complexity index is 468. The van der Waals surface area contributed by atoms with E-state index < -0.39 is 0 Å². The molecule has 14 heavy (non-hydrogen) atoms. The van der Waals surface area contributed by atoms with E-state index in [4.69, 9.17) is 5.73 Å². The molecular weight excluding hydrogens is 251 g/mol. The van der Waals surface area contributed by atoms with Crippen molar-refractivity contribution < 1.29 is 37.8 Å². The van der Waals surface area contributed by atoms with E-state index in [9.17, 15) is 5.11 Å². The second kappa shape index (κ2) is 4.28. The van der Waals surface area contributed by atoms with E-state index in [0.29, 0.717) is 11.3 Å². The summed E-state index contributed by atoms with van der Waals surface area (Å²) in [6.07, 6.45) is 0. The van der Waals surface area contributed by atoms with Gasteiger partial charge in [-0.3, -0.25) is 0 Å². The van der Waals surface area contributed by atoms with Crippen LogP contribution in [0.2, 0.25) is 0 Å². The molecule has 0 bridgehead atoms. The monoisotopic (exact) mass is 261 g/mol. The molecule has 0 atom stereocenters. The summed E-state index contributed by atoms with van der Waals surface area (Å²) >= 11 is 0. The van der Waals surface area contributed by atoms with E-state index in [1.54, 1.807) is 6.92 Å². The number of benzene rings is 2. The Hall–Kier alpha value is -0.596. The van der Waals surface area contributed by atoms with Crippen molar-refractivity contribution in [2.45, 2.75) is 6.92 Å². The van der Waals surface area contributed by atoms with Gasteiger partial charge >= 0.3 is 0 Å². The van der Waals surface area contributed by atoms with Gasteiger partial charge in [0.05, 0.1) is 0 Å². The van der Waals surface area contributed by atoms with Gasteiger partial charge in [0.2, 0.25) is 0 Å². The van der Waals surface area contributed by atoms with E-state index >= 15 is 0 Å². The average molecular weight is 261 g/mol. The van der Waals surface area contributed by atoms with Crippen LogP contribution < -0.4 is 5.73 Å². The van der Waals surface area contributed by atoms with Crippen molar-refractivity contribution in [1.29, 1.82) is 0 Å². The summed E-state index contributed by atoms with van der Waals surface area (Å²) in [5.41, 5.74) is 7.04. The number of nitrogen functional groups attached to an aromatic ring is 1. The van der Waals surface area contributed by atoms with Crippen LogP contribution in [0.3, 0.4) is 0 Å². The van der Waals surface area contributed by atoms with E-state index in [1.165, 1.54) is 0 Å². The molecule has 3 heteroatoms. The van der Waals surface area contributed by atoms with Crippen molar-refractivity contribution in [3.63, 3.8) is 0 Å². The van der Waals surface area contributed by atoms with Gasteiger partial charge in [-0.1, -0.05) is 36.2 Å². The van der Waals surface area contributed by atoms with Crippen molar-refractivity contribution in [3.05, 3.63) is 35.9 Å². The van der Waals surface area contributed by atoms with E-state index in [-0.39, 0.29) is 38.5 Å². The fourth-order valence-electron chi connectivity index (χ4n) is 1.46. The minimum atomic E-state index is 0. The number of rotatable bonds is 0. The Labute approximate surface area is 108 Å². The maximum absolute atomic E-state index is 9.70. The SMILES string of the molecule is Cc1[c-]c(N)c2ccccc2c1O.[Y]. The zero-order valence-electron chi connectivity index (χ0n) is 7.91. The van der Waals surface area contributed by atoms with Crippen molar-refractivity contribution in [3.8, 4) is 5.75 Å². The normalized spacial score (nSPS) is 9.79. The summed E-state index contributed by atoms with van der Waals surface area (Å²) < 4.78 is 0. The van der Waals surface area contributed by atoms with Crippen LogP contribution in [0.25, 0.3) is 10.8 Å². The predicted molar refractivity (Wildman–Crippen MR) is 53.6 cm³/mol. The molecule has 1 radical (unpaired) electrons. The number of hydrogen-bond donors (Lipinski definition) is 2. The minimum Gasteiger partial charge on any atom is -0.565 e. The van der Waals surface area contributed by atoms with Crippen LogP contribution in [0.4, 0.5) is 5.69 Å². The Kier molecular flexibility index (Phi) is 3.51. The zero-order valence-corrected chi connectivity index (χ0v) is 10.7. The smallest absolute Gasteiger partial charge is 0.0139 e. The first-order chi connectivity index (χ1) is 6.20. The van der Waals surface area contributed by atoms with Crippen molar-refractivity contribution >= 4 is 16.5 Å². The van der Waals surface area contributed by atoms with Gasteiger partial charge in [0, 0.05) is 38.5 Å². The molecule has 0 spiro atoms. The van der Waals surface area contributed by atoms with Gasteiger partial charge in [0.15, 0.2) is 0 Å². The standard InChI is InChI=1S/C11H10NO.Y/c1-7-6-10(12)8-4-2-3-5-9(8)11(7)13;/h2-5,13H,12H2,1H3;/q-1;. The molecule has 0 aliphatic rings. The quantitative estimate of drug-likeness (QED) is 0.434. The molecule has 0 unspecified atom stereocenters. The molecule has 0 aliphatic carbocycles. The van der Waals surface area contributed by atoms with Gasteiger partial charge in [-0.05, 0) is 0 Å². The largest absolute Gasteiger partial charge is 0.565 e. The molecule has 2 nitrogen and oxygen atoms in total. The number of aryl methyl sites for hydroxylation is 1. The molecule has 0 saturated carbocycles. The Morgan fingerprint density at radius 1 is 1.21 bits per heavy atom. The summed E-state index contributed by atoms with van der Waals surface area (Å²) in [5.74, 6) is 0.268. The molecule has 0 aromatic heterocycles. The average Bonchev–Trinajstić information content (AvgIpc) is 2.15. The Balaban J connectivity index is 0.000000980. The molecular formula is C11H10NOY-. The van der Waals surface area contributed by atoms with E-state index in [1.807, 2.05) is 24.3 Å². The molecule has 2 aromatic rings. The first-order valence-corrected chi connectivity index (χ1v) is 4.09. The zero-order chi connectivity index (χ0) is 9.42. The first-order valence-electron chi connectivity index (χ1n) is 4.09. The third-order valence-corrected chi connectivity index (χ3v) is 2.15. The first kappa shape index (κ1) is 11.5. The van der Waals surface area contributed by atoms with Crippen LogP contribution in [-0.2, 0) is 32.7 Å². The van der Waals surface area contributed by atoms with Crippen molar-refractivity contribution in [1.82, 2.24) is 0 Å². The third-order valence-electron chi connectivity index (χ3n) is 2.15. The van der Waals surface area contributed by atoms with Crippen LogP contribution in [0.5, 0.6) is 5.75 Å². The maximum atomic E-state index is 9.70. The second-order valence-corrected chi connectivity index (χ2v) is 3.06. The van der Waals surface area contributed by atoms with Gasteiger partial charge in [0.1, 0.15) is 0 Å². The fourth-order valence-corrected chi connectivity index (χ4v) is 1.46. The van der Waals surface area contributed by atoms with Crippen LogP contribution in [-0.4, -0.2) is 5.11 Å². The van der Waals surface area contributed by atoms with Crippen molar-refractivity contribution in [2.24, 2.45) is 0 Å². The fraction of sp³-hybridized carbons (Fsp3) is 0.0909. The molecule has 0 fully saturated rings. The molecule has 2 rings (SSSR count). The third kappa shape index (κ3) is 1.77. The Morgan fingerprint density at radius 2 is 1.79 bits per heavy atom. The van der Waals surface area contributed by atoms with Crippen LogP contribution in [0, 0.1) is 13.0 Å². The number of fused-ring (bicyclic) bond motifs is 1. The van der Waals surface area contributed by atoms with E-state index in [2.05, 4.69) is 6.07 Å². The molecule has 0 heterocycles. The van der Waals surface area contributed by atoms with Gasteiger partial charge in [0.25, 0.3) is 0 Å². The Morgan fingerprint density at radius 3 is 2.43 bits per heavy atom. The minimum absolute atomic E-state index is 0. The predicted octanol–water partition coefficient (Wildman–Crippen LogP) is 2.23. The number of aromatic hydroxyl groups is 1. The van der Waals surface area contributed by atoms with Crippen LogP contribution >= 0.6 is 0 Å². The molecule has 0 amide bonds. The molecule has 69 valence electrons. The number of anilines is 1. The molecule has 0 aliphatic heterocycles. The summed E-state index contributed by atoms with van der Waals surface area (Å²) in [6.45, 7) is 1.79. The summed E-state index contributed by atoms with van der Waals surface area (Å²) in [5, 5.41) is 11.3. The summed E-state index contributed by atoms with van der Waals surface area (Å²) in [7, 11) is 0. The van der Waals surface area contributed by atoms with Crippen molar-refractivity contribution in [2.75, 3.05) is 5.73 Å². The van der Waals surface area contributed by atoms with Gasteiger partial charge in [-0.2, -0.15) is 6.07 Å². The van der Waals surface area contributed by atoms with Crippen LogP contribution in [0.15, 0.2) is 24.3 Å². The summed E-state index contributed by atoms with van der Waals surface area (Å²) in [6, 6.07) is 10.4. The van der Waals surface area contributed by atoms with E-state index in [0.717, 1.165) is 10.8 Å².